The molecule has 5 nitrogen and oxygen atoms in total. The Labute approximate surface area is 116 Å². The van der Waals surface area contributed by atoms with E-state index in [1.165, 1.54) is 19.9 Å². The van der Waals surface area contributed by atoms with Crippen molar-refractivity contribution in [3.63, 3.8) is 0 Å². The molecule has 20 heavy (non-hydrogen) atoms. The van der Waals surface area contributed by atoms with Crippen molar-refractivity contribution in [3.8, 4) is 5.75 Å². The Balaban J connectivity index is 2.26. The molecule has 0 aliphatic heterocycles. The maximum atomic E-state index is 11.2. The molecule has 0 bridgehead atoms. The quantitative estimate of drug-likeness (QED) is 0.831. The smallest absolute Gasteiger partial charge is 0.336 e. The largest absolute Gasteiger partial charge is 0.490 e. The third kappa shape index (κ3) is 3.18. The first-order chi connectivity index (χ1) is 9.27. The molecule has 1 heterocycles. The maximum absolute atomic E-state index is 11.2. The van der Waals surface area contributed by atoms with E-state index in [0.29, 0.717) is 11.3 Å². The number of aliphatic hydroxyl groups is 2. The number of hydrogen-bond acceptors (Lipinski definition) is 5. The van der Waals surface area contributed by atoms with Gasteiger partial charge in [0.15, 0.2) is 0 Å². The van der Waals surface area contributed by atoms with Gasteiger partial charge in [0, 0.05) is 17.5 Å². The van der Waals surface area contributed by atoms with Gasteiger partial charge in [-0.2, -0.15) is 0 Å². The molecule has 2 rings (SSSR count). The van der Waals surface area contributed by atoms with E-state index in [1.807, 2.05) is 13.0 Å². The van der Waals surface area contributed by atoms with Crippen LogP contribution in [-0.4, -0.2) is 28.5 Å². The fraction of sp³-hybridized carbons (Fsp3) is 0.400. The Kier molecular flexibility index (Phi) is 3.83. The van der Waals surface area contributed by atoms with Gasteiger partial charge in [-0.15, -0.1) is 0 Å². The zero-order chi connectivity index (χ0) is 14.9. The summed E-state index contributed by atoms with van der Waals surface area (Å²) >= 11 is 0. The van der Waals surface area contributed by atoms with E-state index in [-0.39, 0.29) is 6.61 Å². The van der Waals surface area contributed by atoms with Crippen molar-refractivity contribution in [2.75, 3.05) is 6.61 Å². The zero-order valence-corrected chi connectivity index (χ0v) is 11.7. The van der Waals surface area contributed by atoms with Gasteiger partial charge in [-0.25, -0.2) is 4.79 Å². The second kappa shape index (κ2) is 5.26. The number of aryl methyl sites for hydroxylation is 1. The van der Waals surface area contributed by atoms with Crippen molar-refractivity contribution in [1.29, 1.82) is 0 Å². The number of aliphatic hydroxyl groups excluding tert-OH is 1. The predicted octanol–water partition coefficient (Wildman–Crippen LogP) is 1.61. The van der Waals surface area contributed by atoms with Crippen LogP contribution >= 0.6 is 0 Å². The van der Waals surface area contributed by atoms with E-state index >= 15 is 0 Å². The van der Waals surface area contributed by atoms with Crippen molar-refractivity contribution >= 4 is 11.0 Å². The van der Waals surface area contributed by atoms with Gasteiger partial charge in [-0.05, 0) is 38.5 Å². The molecule has 1 aromatic heterocycles. The monoisotopic (exact) mass is 278 g/mol. The number of hydrogen-bond donors (Lipinski definition) is 2. The second-order valence-electron chi connectivity index (χ2n) is 5.39. The van der Waals surface area contributed by atoms with E-state index < -0.39 is 17.3 Å². The summed E-state index contributed by atoms with van der Waals surface area (Å²) in [6.07, 6.45) is -1.01. The number of fused-ring (bicyclic) bond motifs is 1. The summed E-state index contributed by atoms with van der Waals surface area (Å²) in [6.45, 7) is 4.82. The van der Waals surface area contributed by atoms with E-state index in [9.17, 15) is 15.0 Å². The molecule has 0 saturated carbocycles. The van der Waals surface area contributed by atoms with Crippen molar-refractivity contribution in [1.82, 2.24) is 0 Å². The van der Waals surface area contributed by atoms with E-state index in [4.69, 9.17) is 9.15 Å². The minimum atomic E-state index is -1.24. The van der Waals surface area contributed by atoms with E-state index in [1.54, 1.807) is 12.1 Å². The van der Waals surface area contributed by atoms with Crippen LogP contribution in [0.25, 0.3) is 11.0 Å². The lowest BCUT2D eigenvalue weighted by molar-refractivity contribution is -0.0662. The van der Waals surface area contributed by atoms with Crippen LogP contribution in [0.15, 0.2) is 33.5 Å². The molecule has 1 aromatic carbocycles. The number of benzene rings is 1. The van der Waals surface area contributed by atoms with Crippen LogP contribution in [0.4, 0.5) is 0 Å². The lowest BCUT2D eigenvalue weighted by Crippen LogP contribution is -2.40. The van der Waals surface area contributed by atoms with Crippen LogP contribution in [0.3, 0.4) is 0 Å². The highest BCUT2D eigenvalue weighted by atomic mass is 16.5. The van der Waals surface area contributed by atoms with Crippen molar-refractivity contribution in [2.45, 2.75) is 32.5 Å². The lowest BCUT2D eigenvalue weighted by Gasteiger charge is -2.24. The van der Waals surface area contributed by atoms with Crippen LogP contribution < -0.4 is 10.4 Å². The molecule has 0 aliphatic carbocycles. The molecule has 0 radical (unpaired) electrons. The molecular formula is C15H18O5. The topological polar surface area (TPSA) is 79.9 Å². The summed E-state index contributed by atoms with van der Waals surface area (Å²) in [6, 6.07) is 6.50. The van der Waals surface area contributed by atoms with Crippen LogP contribution in [0.2, 0.25) is 0 Å². The van der Waals surface area contributed by atoms with Crippen molar-refractivity contribution < 1.29 is 19.4 Å². The van der Waals surface area contributed by atoms with Crippen LogP contribution in [0.5, 0.6) is 5.75 Å². The van der Waals surface area contributed by atoms with Crippen LogP contribution in [-0.2, 0) is 0 Å². The lowest BCUT2D eigenvalue weighted by atomic mass is 10.0. The number of rotatable bonds is 4. The molecule has 0 fully saturated rings. The fourth-order valence-corrected chi connectivity index (χ4v) is 1.74. The predicted molar refractivity (Wildman–Crippen MR) is 75.0 cm³/mol. The maximum Gasteiger partial charge on any atom is 0.336 e. The molecule has 1 atom stereocenters. The van der Waals surface area contributed by atoms with Gasteiger partial charge in [0.05, 0.1) is 5.60 Å². The molecule has 0 aliphatic rings. The number of ether oxygens (including phenoxy) is 1. The summed E-state index contributed by atoms with van der Waals surface area (Å²) in [7, 11) is 0. The molecule has 0 saturated heterocycles. The molecule has 2 N–H and O–H groups in total. The summed E-state index contributed by atoms with van der Waals surface area (Å²) in [4.78, 5) is 11.2. The van der Waals surface area contributed by atoms with Crippen LogP contribution in [0.1, 0.15) is 19.4 Å². The SMILES string of the molecule is Cc1cc2ccc(=O)oc2cc1OC[C@@H](O)C(C)(C)O. The second-order valence-corrected chi connectivity index (χ2v) is 5.39. The fourth-order valence-electron chi connectivity index (χ4n) is 1.74. The standard InChI is InChI=1S/C15H18O5/c1-9-6-10-4-5-14(17)20-12(10)7-11(9)19-8-13(16)15(2,3)18/h4-7,13,16,18H,8H2,1-3H3/t13-/m1/s1. The first-order valence-electron chi connectivity index (χ1n) is 6.35. The highest BCUT2D eigenvalue weighted by Gasteiger charge is 2.25. The summed E-state index contributed by atoms with van der Waals surface area (Å²) in [5, 5.41) is 20.2. The van der Waals surface area contributed by atoms with Gasteiger partial charge in [-0.3, -0.25) is 0 Å². The minimum Gasteiger partial charge on any atom is -0.490 e. The molecule has 0 unspecified atom stereocenters. The Hall–Kier alpha value is -1.85. The summed E-state index contributed by atoms with van der Waals surface area (Å²) in [5.41, 5.74) is -0.383. The Morgan fingerprint density at radius 1 is 1.35 bits per heavy atom. The molecule has 108 valence electrons. The highest BCUT2D eigenvalue weighted by molar-refractivity contribution is 5.79. The molecule has 0 spiro atoms. The molecule has 5 heteroatoms. The molecular weight excluding hydrogens is 260 g/mol. The Bertz CT molecular complexity index is 666. The van der Waals surface area contributed by atoms with E-state index in [0.717, 1.165) is 10.9 Å². The molecule has 2 aromatic rings. The van der Waals surface area contributed by atoms with Crippen LogP contribution in [0, 0.1) is 6.92 Å². The average Bonchev–Trinajstić information content (AvgIpc) is 2.35. The average molecular weight is 278 g/mol. The van der Waals surface area contributed by atoms with Gasteiger partial charge in [-0.1, -0.05) is 0 Å². The molecule has 0 amide bonds. The summed E-state index contributed by atoms with van der Waals surface area (Å²) in [5.74, 6) is 0.509. The van der Waals surface area contributed by atoms with Gasteiger partial charge in [0.1, 0.15) is 24.0 Å². The third-order valence-corrected chi connectivity index (χ3v) is 3.13. The minimum absolute atomic E-state index is 0.0487. The van der Waals surface area contributed by atoms with E-state index in [2.05, 4.69) is 0 Å². The van der Waals surface area contributed by atoms with Gasteiger partial charge < -0.3 is 19.4 Å². The van der Waals surface area contributed by atoms with Gasteiger partial charge in [0.25, 0.3) is 0 Å². The van der Waals surface area contributed by atoms with Gasteiger partial charge >= 0.3 is 5.63 Å². The van der Waals surface area contributed by atoms with Crippen molar-refractivity contribution in [3.05, 3.63) is 40.2 Å². The first kappa shape index (κ1) is 14.6. The Morgan fingerprint density at radius 2 is 2.05 bits per heavy atom. The van der Waals surface area contributed by atoms with Crippen molar-refractivity contribution in [2.24, 2.45) is 0 Å². The van der Waals surface area contributed by atoms with Gasteiger partial charge in [0.2, 0.25) is 0 Å². The first-order valence-corrected chi connectivity index (χ1v) is 6.35. The normalized spacial score (nSPS) is 13.4. The highest BCUT2D eigenvalue weighted by Crippen LogP contribution is 2.25. The zero-order valence-electron chi connectivity index (χ0n) is 11.7. The Morgan fingerprint density at radius 3 is 2.70 bits per heavy atom. The third-order valence-electron chi connectivity index (χ3n) is 3.13. The summed E-state index contributed by atoms with van der Waals surface area (Å²) < 4.78 is 10.6.